The van der Waals surface area contributed by atoms with Crippen molar-refractivity contribution in [1.82, 2.24) is 15.2 Å². The molecule has 0 aliphatic rings. The zero-order valence-electron chi connectivity index (χ0n) is 14.8. The Labute approximate surface area is 175 Å². The molecule has 4 rings (SSSR count). The van der Waals surface area contributed by atoms with Crippen molar-refractivity contribution in [3.63, 3.8) is 0 Å². The number of rotatable bonds is 7. The summed E-state index contributed by atoms with van der Waals surface area (Å²) in [6.45, 7) is -2.91. The Kier molecular flexibility index (Phi) is 5.86. The van der Waals surface area contributed by atoms with E-state index in [0.717, 1.165) is 11.8 Å². The summed E-state index contributed by atoms with van der Waals surface area (Å²) in [5, 5.41) is 10.9. The van der Waals surface area contributed by atoms with Crippen LogP contribution in [0.1, 0.15) is 0 Å². The van der Waals surface area contributed by atoms with E-state index in [2.05, 4.69) is 25.2 Å². The van der Waals surface area contributed by atoms with Crippen LogP contribution in [0.5, 0.6) is 5.75 Å². The zero-order valence-corrected chi connectivity index (χ0v) is 16.5. The van der Waals surface area contributed by atoms with Gasteiger partial charge in [-0.2, -0.15) is 8.78 Å². The quantitative estimate of drug-likeness (QED) is 0.402. The minimum Gasteiger partial charge on any atom is -0.435 e. The fourth-order valence-electron chi connectivity index (χ4n) is 2.40. The third-order valence-corrected chi connectivity index (χ3v) is 5.41. The number of aromatic nitrogens is 3. The number of anilines is 1. The van der Waals surface area contributed by atoms with Crippen LogP contribution in [0.25, 0.3) is 21.7 Å². The van der Waals surface area contributed by atoms with Gasteiger partial charge in [0.05, 0.1) is 16.0 Å². The third-order valence-electron chi connectivity index (χ3n) is 3.66. The van der Waals surface area contributed by atoms with Crippen LogP contribution in [0, 0.1) is 5.82 Å². The molecule has 2 aromatic carbocycles. The molecule has 2 aromatic heterocycles. The number of carbonyl (C=O) groups excluding carboxylic acids is 1. The molecule has 30 heavy (non-hydrogen) atoms. The molecule has 4 aromatic rings. The van der Waals surface area contributed by atoms with E-state index in [-0.39, 0.29) is 34.3 Å². The van der Waals surface area contributed by atoms with Crippen molar-refractivity contribution in [2.75, 3.05) is 11.1 Å². The Bertz CT molecular complexity index is 1180. The fraction of sp³-hybridized carbons (Fsp3) is 0.111. The summed E-state index contributed by atoms with van der Waals surface area (Å²) in [7, 11) is 0. The van der Waals surface area contributed by atoms with E-state index >= 15 is 0 Å². The molecule has 12 heteroatoms. The second-order valence-corrected chi connectivity index (χ2v) is 7.70. The van der Waals surface area contributed by atoms with Gasteiger partial charge in [-0.05, 0) is 42.5 Å². The van der Waals surface area contributed by atoms with Crippen LogP contribution >= 0.6 is 23.1 Å². The first-order valence-electron chi connectivity index (χ1n) is 8.34. The molecule has 0 fully saturated rings. The topological polar surface area (TPSA) is 90.1 Å². The summed E-state index contributed by atoms with van der Waals surface area (Å²) in [4.78, 5) is 16.3. The van der Waals surface area contributed by atoms with Crippen molar-refractivity contribution in [2.24, 2.45) is 0 Å². The summed E-state index contributed by atoms with van der Waals surface area (Å²) >= 11 is 2.19. The standard InChI is InChI=1S/C18H11F3N4O3S2/c19-10-3-6-12-13(7-10)30-17(22-12)23-14(26)8-29-18-25-24-15(28-18)9-1-4-11(5-2-9)27-16(20)21/h1-7,16H,8H2,(H,22,23,26). The Balaban J connectivity index is 1.33. The molecule has 0 unspecified atom stereocenters. The van der Waals surface area contributed by atoms with E-state index in [0.29, 0.717) is 20.9 Å². The molecule has 0 aliphatic heterocycles. The summed E-state index contributed by atoms with van der Waals surface area (Å²) in [5.74, 6) is -0.532. The smallest absolute Gasteiger partial charge is 0.387 e. The number of nitrogens with zero attached hydrogens (tertiary/aromatic N) is 3. The van der Waals surface area contributed by atoms with E-state index < -0.39 is 6.61 Å². The number of ether oxygens (including phenoxy) is 1. The summed E-state index contributed by atoms with van der Waals surface area (Å²) < 4.78 is 48.0. The first-order chi connectivity index (χ1) is 14.5. The highest BCUT2D eigenvalue weighted by molar-refractivity contribution is 7.99. The van der Waals surface area contributed by atoms with Gasteiger partial charge < -0.3 is 14.5 Å². The lowest BCUT2D eigenvalue weighted by atomic mass is 10.2. The van der Waals surface area contributed by atoms with Gasteiger partial charge in [-0.25, -0.2) is 9.37 Å². The van der Waals surface area contributed by atoms with Crippen LogP contribution in [0.15, 0.2) is 52.1 Å². The van der Waals surface area contributed by atoms with Gasteiger partial charge in [0.2, 0.25) is 11.8 Å². The summed E-state index contributed by atoms with van der Waals surface area (Å²) in [6.07, 6.45) is 0. The molecule has 0 saturated heterocycles. The number of hydrogen-bond acceptors (Lipinski definition) is 8. The van der Waals surface area contributed by atoms with E-state index in [1.807, 2.05) is 0 Å². The van der Waals surface area contributed by atoms with Crippen LogP contribution in [0.2, 0.25) is 0 Å². The van der Waals surface area contributed by atoms with Gasteiger partial charge >= 0.3 is 6.61 Å². The van der Waals surface area contributed by atoms with Crippen molar-refractivity contribution in [1.29, 1.82) is 0 Å². The van der Waals surface area contributed by atoms with Crippen molar-refractivity contribution >= 4 is 44.4 Å². The second kappa shape index (κ2) is 8.71. The number of carbonyl (C=O) groups is 1. The van der Waals surface area contributed by atoms with Gasteiger partial charge in [0.25, 0.3) is 5.22 Å². The molecule has 1 amide bonds. The average Bonchev–Trinajstić information content (AvgIpc) is 3.32. The van der Waals surface area contributed by atoms with Gasteiger partial charge in [0.1, 0.15) is 11.6 Å². The largest absolute Gasteiger partial charge is 0.435 e. The highest BCUT2D eigenvalue weighted by Gasteiger charge is 2.14. The molecule has 154 valence electrons. The monoisotopic (exact) mass is 452 g/mol. The Morgan fingerprint density at radius 1 is 1.20 bits per heavy atom. The van der Waals surface area contributed by atoms with E-state index in [4.69, 9.17) is 4.42 Å². The molecule has 0 bridgehead atoms. The number of thioether (sulfide) groups is 1. The first-order valence-corrected chi connectivity index (χ1v) is 10.1. The maximum atomic E-state index is 13.2. The third kappa shape index (κ3) is 4.89. The number of amides is 1. The minimum absolute atomic E-state index is 0.00686. The van der Waals surface area contributed by atoms with Crippen molar-refractivity contribution in [3.05, 3.63) is 48.3 Å². The highest BCUT2D eigenvalue weighted by atomic mass is 32.2. The number of fused-ring (bicyclic) bond motifs is 1. The molecule has 0 atom stereocenters. The zero-order chi connectivity index (χ0) is 21.1. The van der Waals surface area contributed by atoms with Gasteiger partial charge in [0.15, 0.2) is 5.13 Å². The summed E-state index contributed by atoms with van der Waals surface area (Å²) in [5.41, 5.74) is 1.11. The van der Waals surface area contributed by atoms with Crippen LogP contribution in [0.3, 0.4) is 0 Å². The number of benzene rings is 2. The van der Waals surface area contributed by atoms with E-state index in [1.54, 1.807) is 0 Å². The van der Waals surface area contributed by atoms with Gasteiger partial charge in [-0.1, -0.05) is 23.1 Å². The van der Waals surface area contributed by atoms with Crippen LogP contribution < -0.4 is 10.1 Å². The molecule has 2 heterocycles. The number of nitrogens with one attached hydrogen (secondary N) is 1. The summed E-state index contributed by atoms with van der Waals surface area (Å²) in [6, 6.07) is 9.91. The van der Waals surface area contributed by atoms with Crippen LogP contribution in [-0.4, -0.2) is 33.5 Å². The van der Waals surface area contributed by atoms with Crippen LogP contribution in [0.4, 0.5) is 18.3 Å². The maximum Gasteiger partial charge on any atom is 0.387 e. The van der Waals surface area contributed by atoms with Gasteiger partial charge in [0, 0.05) is 5.56 Å². The van der Waals surface area contributed by atoms with Crippen molar-refractivity contribution < 1.29 is 27.1 Å². The fourth-order valence-corrected chi connectivity index (χ4v) is 3.87. The minimum atomic E-state index is -2.91. The predicted octanol–water partition coefficient (Wildman–Crippen LogP) is 4.82. The van der Waals surface area contributed by atoms with E-state index in [9.17, 15) is 18.0 Å². The molecular weight excluding hydrogens is 441 g/mol. The molecule has 0 saturated carbocycles. The normalized spacial score (nSPS) is 11.2. The lowest BCUT2D eigenvalue weighted by molar-refractivity contribution is -0.113. The molecule has 0 radical (unpaired) electrons. The highest BCUT2D eigenvalue weighted by Crippen LogP contribution is 2.28. The predicted molar refractivity (Wildman–Crippen MR) is 105 cm³/mol. The Morgan fingerprint density at radius 3 is 2.77 bits per heavy atom. The Hall–Kier alpha value is -3.12. The lowest BCUT2D eigenvalue weighted by Crippen LogP contribution is -2.13. The van der Waals surface area contributed by atoms with Gasteiger partial charge in [-0.15, -0.1) is 10.2 Å². The van der Waals surface area contributed by atoms with Crippen molar-refractivity contribution in [3.8, 4) is 17.2 Å². The van der Waals surface area contributed by atoms with E-state index in [1.165, 1.54) is 53.8 Å². The number of alkyl halides is 2. The van der Waals surface area contributed by atoms with Crippen LogP contribution in [-0.2, 0) is 4.79 Å². The van der Waals surface area contributed by atoms with Gasteiger partial charge in [-0.3, -0.25) is 4.79 Å². The van der Waals surface area contributed by atoms with Crippen molar-refractivity contribution in [2.45, 2.75) is 11.8 Å². The number of hydrogen-bond donors (Lipinski definition) is 1. The molecular formula is C18H11F3N4O3S2. The molecule has 0 spiro atoms. The molecule has 7 nitrogen and oxygen atoms in total. The average molecular weight is 452 g/mol. The SMILES string of the molecule is O=C(CSc1nnc(-c2ccc(OC(F)F)cc2)o1)Nc1nc2ccc(F)cc2s1. The Morgan fingerprint density at radius 2 is 2.00 bits per heavy atom. The first kappa shape index (κ1) is 20.2. The molecule has 1 N–H and O–H groups in total. The second-order valence-electron chi connectivity index (χ2n) is 5.74. The number of halogens is 3. The maximum absolute atomic E-state index is 13.2. The number of thiazole rings is 1. The lowest BCUT2D eigenvalue weighted by Gasteiger charge is -2.03. The molecule has 0 aliphatic carbocycles.